The average molecular weight is 1020 g/mol. The lowest BCUT2D eigenvalue weighted by Crippen LogP contribution is -2.36. The van der Waals surface area contributed by atoms with Crippen LogP contribution in [0.5, 0.6) is 0 Å². The van der Waals surface area contributed by atoms with E-state index >= 15 is 0 Å². The number of fused-ring (bicyclic) bond motifs is 3. The van der Waals surface area contributed by atoms with Crippen LogP contribution in [-0.4, -0.2) is 149 Å². The predicted octanol–water partition coefficient (Wildman–Crippen LogP) is 6.40. The van der Waals surface area contributed by atoms with Gasteiger partial charge in [0, 0.05) is 55.7 Å². The van der Waals surface area contributed by atoms with Crippen LogP contribution < -0.4 is 0 Å². The molecule has 6 aromatic heterocycles. The molecule has 3 atom stereocenters. The van der Waals surface area contributed by atoms with Crippen LogP contribution in [0.2, 0.25) is 0 Å². The molecule has 0 aliphatic carbocycles. The van der Waals surface area contributed by atoms with Crippen molar-refractivity contribution in [3.8, 4) is 0 Å². The van der Waals surface area contributed by atoms with Gasteiger partial charge in [0.15, 0.2) is 35.1 Å². The van der Waals surface area contributed by atoms with Crippen molar-refractivity contribution in [2.24, 2.45) is 5.92 Å². The highest BCUT2D eigenvalue weighted by Gasteiger charge is 2.29. The molecule has 0 aromatic carbocycles. The number of H-pyrrole nitrogens is 3. The zero-order valence-corrected chi connectivity index (χ0v) is 39.1. The van der Waals surface area contributed by atoms with Crippen LogP contribution in [0.1, 0.15) is 65.6 Å². The van der Waals surface area contributed by atoms with E-state index in [0.29, 0.717) is 33.3 Å². The van der Waals surface area contributed by atoms with Crippen LogP contribution in [0, 0.1) is 5.92 Å². The Morgan fingerprint density at radius 3 is 1.24 bits per heavy atom. The Morgan fingerprint density at radius 1 is 0.500 bits per heavy atom. The summed E-state index contributed by atoms with van der Waals surface area (Å²) in [6, 6.07) is 9.58. The minimum atomic E-state index is -1.12. The molecule has 3 fully saturated rings. The number of carbonyl (C=O) groups excluding carboxylic acids is 6. The SMILES string of the molecule is CC(C)C(OC(=O)OC1COCOC1)OC(=O)c1cc2occc2[nH]1.CC(OC(=O)OC1COCOC1)OC(=O)c1cc2occc2[nH]1.CCC(OC(=O)OC1COCOC1)OC(=O)c1cc2occc2[nH]1. The highest BCUT2D eigenvalue weighted by Crippen LogP contribution is 2.21. The minimum absolute atomic E-state index is 0.167. The van der Waals surface area contributed by atoms with E-state index in [1.54, 1.807) is 39.0 Å². The van der Waals surface area contributed by atoms with Crippen molar-refractivity contribution in [2.75, 3.05) is 60.0 Å². The van der Waals surface area contributed by atoms with Gasteiger partial charge in [-0.15, -0.1) is 0 Å². The standard InChI is InChI=1S/C16H19NO8.C15H17NO8.C14H15NO8/c1-9(2)15(25-16(19)23-10-6-20-8-21-7-10)24-14(18)12-5-13-11(17-12)3-4-22-13;1-2-13(24-15(18)22-9-6-19-8-20-7-9)23-14(17)11-5-12-10(16-11)3-4-21-12;1-8(22-14(17)23-9-5-18-7-19-6-9)21-13(16)11-4-12-10(15-11)2-3-20-12/h3-5,9-10,15,17H,6-8H2,1-2H3;3-5,9,13,16H,2,6-8H2,1H3;2-4,8-9,15H,5-7H2,1H3. The zero-order valence-electron chi connectivity index (χ0n) is 39.1. The zero-order chi connectivity index (χ0) is 51.0. The normalized spacial score (nSPS) is 16.8. The Hall–Kier alpha value is -7.56. The molecule has 6 aromatic rings. The molecule has 0 spiro atoms. The summed E-state index contributed by atoms with van der Waals surface area (Å²) < 4.78 is 90.9. The lowest BCUT2D eigenvalue weighted by Gasteiger charge is -2.24. The Labute approximate surface area is 406 Å². The second-order valence-electron chi connectivity index (χ2n) is 15.8. The molecule has 3 N–H and O–H groups in total. The fraction of sp³-hybridized carbons (Fsp3) is 0.467. The summed E-state index contributed by atoms with van der Waals surface area (Å²) in [6.45, 7) is 8.47. The number of rotatable bonds is 14. The molecule has 0 amide bonds. The minimum Gasteiger partial charge on any atom is -0.463 e. The number of furan rings is 3. The van der Waals surface area contributed by atoms with Gasteiger partial charge in [0.2, 0.25) is 6.29 Å². The lowest BCUT2D eigenvalue weighted by molar-refractivity contribution is -0.171. The maximum absolute atomic E-state index is 12.2. The van der Waals surface area contributed by atoms with Crippen LogP contribution in [-0.2, 0) is 71.1 Å². The Kier molecular flexibility index (Phi) is 18.5. The van der Waals surface area contributed by atoms with Crippen molar-refractivity contribution in [1.82, 2.24) is 15.0 Å². The molecule has 390 valence electrons. The Morgan fingerprint density at radius 2 is 0.861 bits per heavy atom. The van der Waals surface area contributed by atoms with E-state index < -0.39 is 73.6 Å². The number of aromatic amines is 3. The van der Waals surface area contributed by atoms with Crippen LogP contribution in [0.3, 0.4) is 0 Å². The van der Waals surface area contributed by atoms with Crippen molar-refractivity contribution in [1.29, 1.82) is 0 Å². The Balaban J connectivity index is 0.000000159. The van der Waals surface area contributed by atoms with E-state index in [4.69, 9.17) is 84.3 Å². The highest BCUT2D eigenvalue weighted by atomic mass is 16.8. The van der Waals surface area contributed by atoms with Gasteiger partial charge in [0.05, 0.1) is 75.0 Å². The molecule has 3 unspecified atom stereocenters. The lowest BCUT2D eigenvalue weighted by atomic mass is 10.2. The molecule has 27 nitrogen and oxygen atoms in total. The van der Waals surface area contributed by atoms with Gasteiger partial charge in [-0.05, 0) is 0 Å². The maximum atomic E-state index is 12.2. The van der Waals surface area contributed by atoms with Crippen LogP contribution in [0.15, 0.2) is 68.4 Å². The number of aromatic nitrogens is 3. The molecular weight excluding hydrogens is 966 g/mol. The smallest absolute Gasteiger partial charge is 0.463 e. The molecule has 0 radical (unpaired) electrons. The fourth-order valence-electron chi connectivity index (χ4n) is 6.38. The van der Waals surface area contributed by atoms with Crippen molar-refractivity contribution < 1.29 is 113 Å². The second kappa shape index (κ2) is 25.5. The summed E-state index contributed by atoms with van der Waals surface area (Å²) in [5.74, 6) is -2.28. The van der Waals surface area contributed by atoms with E-state index in [-0.39, 0.29) is 89.4 Å². The summed E-state index contributed by atoms with van der Waals surface area (Å²) in [4.78, 5) is 80.0. The third-order valence-electron chi connectivity index (χ3n) is 9.81. The Bertz CT molecular complexity index is 2600. The van der Waals surface area contributed by atoms with Crippen molar-refractivity contribution in [3.05, 3.63) is 72.3 Å². The number of hydrogen-bond donors (Lipinski definition) is 3. The fourth-order valence-corrected chi connectivity index (χ4v) is 6.38. The molecule has 72 heavy (non-hydrogen) atoms. The second-order valence-corrected chi connectivity index (χ2v) is 15.8. The van der Waals surface area contributed by atoms with Crippen LogP contribution >= 0.6 is 0 Å². The molecule has 3 saturated heterocycles. The van der Waals surface area contributed by atoms with Crippen LogP contribution in [0.4, 0.5) is 14.4 Å². The number of hydrogen-bond acceptors (Lipinski definition) is 24. The first-order chi connectivity index (χ1) is 34.8. The first kappa shape index (κ1) is 52.3. The third-order valence-corrected chi connectivity index (χ3v) is 9.81. The third kappa shape index (κ3) is 15.2. The van der Waals surface area contributed by atoms with E-state index in [9.17, 15) is 28.8 Å². The quantitative estimate of drug-likeness (QED) is 0.0604. The van der Waals surface area contributed by atoms with Gasteiger partial charge in [0.25, 0.3) is 12.6 Å². The number of carbonyl (C=O) groups is 6. The summed E-state index contributed by atoms with van der Waals surface area (Å²) >= 11 is 0. The van der Waals surface area contributed by atoms with E-state index in [1.165, 1.54) is 43.9 Å². The molecule has 3 aliphatic rings. The van der Waals surface area contributed by atoms with Gasteiger partial charge in [-0.3, -0.25) is 0 Å². The largest absolute Gasteiger partial charge is 0.511 e. The topological polar surface area (TPSA) is 328 Å². The summed E-state index contributed by atoms with van der Waals surface area (Å²) in [6.07, 6.45) is -3.02. The number of ether oxygens (including phenoxy) is 15. The first-order valence-electron chi connectivity index (χ1n) is 22.2. The summed E-state index contributed by atoms with van der Waals surface area (Å²) in [7, 11) is 0. The van der Waals surface area contributed by atoms with Gasteiger partial charge < -0.3 is 99.3 Å². The molecular formula is C45H51N3O24. The molecule has 9 heterocycles. The van der Waals surface area contributed by atoms with E-state index in [2.05, 4.69) is 15.0 Å². The monoisotopic (exact) mass is 1020 g/mol. The van der Waals surface area contributed by atoms with E-state index in [1.807, 2.05) is 0 Å². The summed E-state index contributed by atoms with van der Waals surface area (Å²) in [5.41, 5.74) is 4.21. The van der Waals surface area contributed by atoms with Crippen LogP contribution in [0.25, 0.3) is 33.3 Å². The molecule has 27 heteroatoms. The van der Waals surface area contributed by atoms with Gasteiger partial charge >= 0.3 is 36.4 Å². The van der Waals surface area contributed by atoms with Gasteiger partial charge in [0.1, 0.15) is 37.5 Å². The molecule has 0 bridgehead atoms. The van der Waals surface area contributed by atoms with Gasteiger partial charge in [-0.1, -0.05) is 20.8 Å². The van der Waals surface area contributed by atoms with Crippen molar-refractivity contribution in [2.45, 2.75) is 71.3 Å². The maximum Gasteiger partial charge on any atom is 0.511 e. The van der Waals surface area contributed by atoms with E-state index in [0.717, 1.165) is 0 Å². The molecule has 0 saturated carbocycles. The number of nitrogens with one attached hydrogen (secondary N) is 3. The molecule has 9 rings (SSSR count). The first-order valence-corrected chi connectivity index (χ1v) is 22.2. The summed E-state index contributed by atoms with van der Waals surface area (Å²) in [5, 5.41) is 0. The number of esters is 3. The van der Waals surface area contributed by atoms with Crippen molar-refractivity contribution in [3.63, 3.8) is 0 Å². The van der Waals surface area contributed by atoms with Gasteiger partial charge in [-0.25, -0.2) is 28.8 Å². The van der Waals surface area contributed by atoms with Gasteiger partial charge in [-0.2, -0.15) is 0 Å². The predicted molar refractivity (Wildman–Crippen MR) is 234 cm³/mol. The van der Waals surface area contributed by atoms with Crippen molar-refractivity contribution >= 4 is 69.7 Å². The average Bonchev–Trinajstić information content (AvgIpc) is 4.22. The highest BCUT2D eigenvalue weighted by molar-refractivity contribution is 5.94. The molecule has 3 aliphatic heterocycles.